The van der Waals surface area contributed by atoms with E-state index in [1.807, 2.05) is 18.2 Å². The molecule has 114 valence electrons. The highest BCUT2D eigenvalue weighted by Crippen LogP contribution is 2.19. The molecule has 2 N–H and O–H groups in total. The molecule has 0 radical (unpaired) electrons. The number of rotatable bonds is 5. The van der Waals surface area contributed by atoms with E-state index in [0.29, 0.717) is 11.3 Å². The van der Waals surface area contributed by atoms with E-state index >= 15 is 0 Å². The molecule has 0 amide bonds. The van der Waals surface area contributed by atoms with Crippen molar-refractivity contribution in [2.45, 2.75) is 0 Å². The molecule has 0 fully saturated rings. The molecular formula is C18H13NO4. The summed E-state index contributed by atoms with van der Waals surface area (Å²) in [7, 11) is 0. The molecule has 1 heterocycles. The second kappa shape index (κ2) is 6.19. The highest BCUT2D eigenvalue weighted by molar-refractivity contribution is 6.05. The van der Waals surface area contributed by atoms with Crippen molar-refractivity contribution in [3.05, 3.63) is 78.2 Å². The summed E-state index contributed by atoms with van der Waals surface area (Å²) in [5.41, 5.74) is 1.41. The minimum atomic E-state index is -1.00. The molecule has 0 spiro atoms. The van der Waals surface area contributed by atoms with Crippen LogP contribution in [0, 0.1) is 0 Å². The van der Waals surface area contributed by atoms with E-state index in [9.17, 15) is 9.59 Å². The van der Waals surface area contributed by atoms with Gasteiger partial charge in [-0.25, -0.2) is 4.79 Å². The van der Waals surface area contributed by atoms with Gasteiger partial charge in [0.2, 0.25) is 5.78 Å². The summed E-state index contributed by atoms with van der Waals surface area (Å²) in [5.74, 6) is -1.03. The maximum Gasteiger partial charge on any atom is 0.335 e. The van der Waals surface area contributed by atoms with Crippen molar-refractivity contribution in [2.75, 3.05) is 5.32 Å². The zero-order chi connectivity index (χ0) is 16.2. The predicted molar refractivity (Wildman–Crippen MR) is 86.7 cm³/mol. The number of benzene rings is 2. The largest absolute Gasteiger partial charge is 0.478 e. The lowest BCUT2D eigenvalue weighted by Gasteiger charge is -2.01. The summed E-state index contributed by atoms with van der Waals surface area (Å²) in [5, 5.41) is 12.7. The Bertz CT molecular complexity index is 875. The minimum absolute atomic E-state index is 0.173. The number of hydrogen-bond acceptors (Lipinski definition) is 4. The normalized spacial score (nSPS) is 11.0. The van der Waals surface area contributed by atoms with Crippen LogP contribution in [-0.4, -0.2) is 16.9 Å². The standard InChI is InChI=1S/C18H13NO4/c20-15(17-11-12-4-1-2-7-16(12)23-17)8-9-19-14-6-3-5-13(10-14)18(21)22/h1-11,19H,(H,21,22)/b9-8+. The van der Waals surface area contributed by atoms with Gasteiger partial charge >= 0.3 is 5.97 Å². The highest BCUT2D eigenvalue weighted by atomic mass is 16.4. The number of furan rings is 1. The first-order chi connectivity index (χ1) is 11.1. The summed E-state index contributed by atoms with van der Waals surface area (Å²) in [6, 6.07) is 15.4. The van der Waals surface area contributed by atoms with Gasteiger partial charge < -0.3 is 14.8 Å². The average molecular weight is 307 g/mol. The Kier molecular flexibility index (Phi) is 3.93. The Labute approximate surface area is 131 Å². The van der Waals surface area contributed by atoms with Gasteiger partial charge in [0.05, 0.1) is 5.56 Å². The molecule has 0 aliphatic heterocycles. The predicted octanol–water partition coefficient (Wildman–Crippen LogP) is 3.94. The van der Waals surface area contributed by atoms with Gasteiger partial charge in [-0.3, -0.25) is 4.79 Å². The van der Waals surface area contributed by atoms with Gasteiger partial charge in [0.1, 0.15) is 5.58 Å². The van der Waals surface area contributed by atoms with E-state index in [1.54, 1.807) is 24.3 Å². The van der Waals surface area contributed by atoms with Crippen LogP contribution < -0.4 is 5.32 Å². The van der Waals surface area contributed by atoms with Crippen LogP contribution in [0.15, 0.2) is 71.3 Å². The zero-order valence-electron chi connectivity index (χ0n) is 12.0. The fourth-order valence-corrected chi connectivity index (χ4v) is 2.14. The number of carboxylic acids is 1. The number of nitrogens with one attached hydrogen (secondary N) is 1. The fourth-order valence-electron chi connectivity index (χ4n) is 2.14. The summed E-state index contributed by atoms with van der Waals surface area (Å²) < 4.78 is 5.48. The maximum absolute atomic E-state index is 12.1. The second-order valence-electron chi connectivity index (χ2n) is 4.88. The van der Waals surface area contributed by atoms with E-state index in [1.165, 1.54) is 24.4 Å². The Morgan fingerprint density at radius 3 is 2.65 bits per heavy atom. The number of carbonyl (C=O) groups excluding carboxylic acids is 1. The molecule has 5 heteroatoms. The molecular weight excluding hydrogens is 294 g/mol. The van der Waals surface area contributed by atoms with Gasteiger partial charge in [-0.1, -0.05) is 24.3 Å². The van der Waals surface area contributed by atoms with E-state index in [0.717, 1.165) is 5.39 Å². The van der Waals surface area contributed by atoms with Crippen molar-refractivity contribution in [3.8, 4) is 0 Å². The van der Waals surface area contributed by atoms with Gasteiger partial charge in [0.25, 0.3) is 0 Å². The quantitative estimate of drug-likeness (QED) is 0.551. The molecule has 3 aromatic rings. The third-order valence-electron chi connectivity index (χ3n) is 3.26. The molecule has 0 saturated carbocycles. The lowest BCUT2D eigenvalue weighted by Crippen LogP contribution is -1.98. The van der Waals surface area contributed by atoms with Crippen LogP contribution in [0.2, 0.25) is 0 Å². The van der Waals surface area contributed by atoms with Gasteiger partial charge in [-0.05, 0) is 30.3 Å². The van der Waals surface area contributed by atoms with Crippen LogP contribution in [0.25, 0.3) is 11.0 Å². The van der Waals surface area contributed by atoms with Gasteiger partial charge in [-0.15, -0.1) is 0 Å². The van der Waals surface area contributed by atoms with E-state index in [4.69, 9.17) is 9.52 Å². The number of aromatic carboxylic acids is 1. The van der Waals surface area contributed by atoms with Crippen molar-refractivity contribution >= 4 is 28.4 Å². The lowest BCUT2D eigenvalue weighted by atomic mass is 10.2. The first-order valence-electron chi connectivity index (χ1n) is 6.93. The van der Waals surface area contributed by atoms with E-state index < -0.39 is 5.97 Å². The first-order valence-corrected chi connectivity index (χ1v) is 6.93. The molecule has 1 aromatic heterocycles. The summed E-state index contributed by atoms with van der Waals surface area (Å²) in [4.78, 5) is 23.0. The molecule has 0 bridgehead atoms. The Morgan fingerprint density at radius 1 is 1.04 bits per heavy atom. The summed E-state index contributed by atoms with van der Waals surface area (Å²) in [6.07, 6.45) is 2.79. The number of ketones is 1. The highest BCUT2D eigenvalue weighted by Gasteiger charge is 2.09. The van der Waals surface area contributed by atoms with Crippen molar-refractivity contribution in [2.24, 2.45) is 0 Å². The fraction of sp³-hybridized carbons (Fsp3) is 0. The number of hydrogen-bond donors (Lipinski definition) is 2. The SMILES string of the molecule is O=C(O)c1cccc(N/C=C/C(=O)c2cc3ccccc3o2)c1. The van der Waals surface area contributed by atoms with Crippen LogP contribution in [0.5, 0.6) is 0 Å². The average Bonchev–Trinajstić information content (AvgIpc) is 2.99. The molecule has 0 aliphatic carbocycles. The molecule has 2 aromatic carbocycles. The van der Waals surface area contributed by atoms with Crippen LogP contribution in [-0.2, 0) is 0 Å². The Morgan fingerprint density at radius 2 is 1.87 bits per heavy atom. The smallest absolute Gasteiger partial charge is 0.335 e. The minimum Gasteiger partial charge on any atom is -0.478 e. The second-order valence-corrected chi connectivity index (χ2v) is 4.88. The van der Waals surface area contributed by atoms with Gasteiger partial charge in [0, 0.05) is 23.3 Å². The van der Waals surface area contributed by atoms with E-state index in [-0.39, 0.29) is 17.1 Å². The van der Waals surface area contributed by atoms with Gasteiger partial charge in [0.15, 0.2) is 5.76 Å². The number of allylic oxidation sites excluding steroid dienone is 1. The lowest BCUT2D eigenvalue weighted by molar-refractivity contribution is 0.0696. The first kappa shape index (κ1) is 14.6. The van der Waals surface area contributed by atoms with Crippen LogP contribution in [0.3, 0.4) is 0 Å². The maximum atomic E-state index is 12.1. The number of carboxylic acid groups (broad SMARTS) is 1. The number of carbonyl (C=O) groups is 2. The number of para-hydroxylation sites is 1. The zero-order valence-corrected chi connectivity index (χ0v) is 12.0. The Balaban J connectivity index is 1.71. The molecule has 23 heavy (non-hydrogen) atoms. The topological polar surface area (TPSA) is 79.5 Å². The molecule has 3 rings (SSSR count). The third kappa shape index (κ3) is 3.29. The molecule has 0 aliphatic rings. The Hall–Kier alpha value is -3.34. The van der Waals surface area contributed by atoms with Crippen LogP contribution in [0.1, 0.15) is 20.9 Å². The van der Waals surface area contributed by atoms with Gasteiger partial charge in [-0.2, -0.15) is 0 Å². The van der Waals surface area contributed by atoms with Crippen molar-refractivity contribution in [3.63, 3.8) is 0 Å². The molecule has 5 nitrogen and oxygen atoms in total. The van der Waals surface area contributed by atoms with Crippen LogP contribution >= 0.6 is 0 Å². The van der Waals surface area contributed by atoms with Crippen LogP contribution in [0.4, 0.5) is 5.69 Å². The van der Waals surface area contributed by atoms with Crippen molar-refractivity contribution in [1.82, 2.24) is 0 Å². The summed E-state index contributed by atoms with van der Waals surface area (Å²) in [6.45, 7) is 0. The summed E-state index contributed by atoms with van der Waals surface area (Å²) >= 11 is 0. The van der Waals surface area contributed by atoms with E-state index in [2.05, 4.69) is 5.32 Å². The monoisotopic (exact) mass is 307 g/mol. The molecule has 0 saturated heterocycles. The molecule has 0 unspecified atom stereocenters. The number of fused-ring (bicyclic) bond motifs is 1. The molecule has 0 atom stereocenters. The van der Waals surface area contributed by atoms with Crippen molar-refractivity contribution < 1.29 is 19.1 Å². The third-order valence-corrected chi connectivity index (χ3v) is 3.26. The van der Waals surface area contributed by atoms with Crippen molar-refractivity contribution in [1.29, 1.82) is 0 Å². The number of anilines is 1.